The second kappa shape index (κ2) is 8.85. The van der Waals surface area contributed by atoms with Gasteiger partial charge in [0.25, 0.3) is 5.91 Å². The van der Waals surface area contributed by atoms with Crippen LogP contribution in [0.2, 0.25) is 0 Å². The monoisotopic (exact) mass is 370 g/mol. The first-order valence-electron chi connectivity index (χ1n) is 10.0. The second-order valence-corrected chi connectivity index (χ2v) is 7.41. The largest absolute Gasteiger partial charge is 0.341 e. The molecule has 3 nitrogen and oxygen atoms in total. The first-order valence-corrected chi connectivity index (χ1v) is 10.0. The van der Waals surface area contributed by atoms with Crippen molar-refractivity contribution in [2.45, 2.75) is 25.4 Å². The topological polar surface area (TPSA) is 32.3 Å². The lowest BCUT2D eigenvalue weighted by Gasteiger charge is -2.20. The van der Waals surface area contributed by atoms with Crippen LogP contribution in [0.4, 0.5) is 0 Å². The maximum absolute atomic E-state index is 13.1. The molecular weight excluding hydrogens is 344 g/mol. The minimum absolute atomic E-state index is 0.0408. The molecule has 0 spiro atoms. The maximum Gasteiger partial charge on any atom is 0.252 e. The van der Waals surface area contributed by atoms with Crippen LogP contribution in [0, 0.1) is 0 Å². The fraction of sp³-hybridized carbons (Fsp3) is 0.240. The summed E-state index contributed by atoms with van der Waals surface area (Å²) in [5.74, 6) is -0.0408. The Morgan fingerprint density at radius 1 is 0.821 bits per heavy atom. The van der Waals surface area contributed by atoms with Gasteiger partial charge < -0.3 is 5.32 Å². The van der Waals surface area contributed by atoms with Crippen LogP contribution in [0.25, 0.3) is 0 Å². The van der Waals surface area contributed by atoms with Crippen molar-refractivity contribution in [1.82, 2.24) is 10.2 Å². The van der Waals surface area contributed by atoms with E-state index in [0.717, 1.165) is 30.8 Å². The van der Waals surface area contributed by atoms with Crippen molar-refractivity contribution in [1.29, 1.82) is 0 Å². The van der Waals surface area contributed by atoms with Crippen molar-refractivity contribution in [3.63, 3.8) is 0 Å². The van der Waals surface area contributed by atoms with Gasteiger partial charge in [-0.3, -0.25) is 9.69 Å². The summed E-state index contributed by atoms with van der Waals surface area (Å²) >= 11 is 0. The number of amides is 1. The van der Waals surface area contributed by atoms with E-state index in [-0.39, 0.29) is 11.9 Å². The fourth-order valence-electron chi connectivity index (χ4n) is 3.87. The molecule has 1 N–H and O–H groups in total. The lowest BCUT2D eigenvalue weighted by Crippen LogP contribution is -2.29. The molecule has 0 bridgehead atoms. The van der Waals surface area contributed by atoms with E-state index in [1.54, 1.807) is 0 Å². The lowest BCUT2D eigenvalue weighted by atomic mass is 9.98. The highest BCUT2D eigenvalue weighted by Crippen LogP contribution is 2.22. The Bertz CT molecular complexity index is 863. The first kappa shape index (κ1) is 18.5. The van der Waals surface area contributed by atoms with Crippen LogP contribution >= 0.6 is 0 Å². The van der Waals surface area contributed by atoms with Gasteiger partial charge in [-0.1, -0.05) is 72.8 Å². The number of nitrogens with one attached hydrogen (secondary N) is 1. The summed E-state index contributed by atoms with van der Waals surface area (Å²) in [4.78, 5) is 15.5. The maximum atomic E-state index is 13.1. The zero-order chi connectivity index (χ0) is 19.2. The van der Waals surface area contributed by atoms with Gasteiger partial charge in [-0.05, 0) is 54.8 Å². The van der Waals surface area contributed by atoms with Crippen LogP contribution in [0.1, 0.15) is 45.9 Å². The van der Waals surface area contributed by atoms with E-state index in [4.69, 9.17) is 0 Å². The lowest BCUT2D eigenvalue weighted by molar-refractivity contribution is 0.0943. The van der Waals surface area contributed by atoms with Crippen molar-refractivity contribution in [2.24, 2.45) is 0 Å². The van der Waals surface area contributed by atoms with Crippen LogP contribution in [0.3, 0.4) is 0 Å². The molecule has 1 fully saturated rings. The van der Waals surface area contributed by atoms with Gasteiger partial charge in [0.1, 0.15) is 0 Å². The van der Waals surface area contributed by atoms with Crippen molar-refractivity contribution in [3.05, 3.63) is 107 Å². The molecule has 142 valence electrons. The predicted molar refractivity (Wildman–Crippen MR) is 113 cm³/mol. The predicted octanol–water partition coefficient (Wildman–Crippen LogP) is 4.80. The summed E-state index contributed by atoms with van der Waals surface area (Å²) in [5, 5.41) is 3.23. The summed E-state index contributed by atoms with van der Waals surface area (Å²) in [6.45, 7) is 3.23. The minimum Gasteiger partial charge on any atom is -0.341 e. The molecule has 1 heterocycles. The molecule has 0 aliphatic carbocycles. The summed E-state index contributed by atoms with van der Waals surface area (Å²) in [7, 11) is 0. The molecule has 1 amide bonds. The number of carbonyl (C=O) groups is 1. The first-order chi connectivity index (χ1) is 13.8. The number of likely N-dealkylation sites (tertiary alicyclic amines) is 1. The quantitative estimate of drug-likeness (QED) is 0.676. The third-order valence-corrected chi connectivity index (χ3v) is 5.34. The molecule has 0 saturated carbocycles. The molecule has 1 aliphatic heterocycles. The second-order valence-electron chi connectivity index (χ2n) is 7.41. The average Bonchev–Trinajstić information content (AvgIpc) is 3.26. The Balaban J connectivity index is 1.54. The van der Waals surface area contributed by atoms with E-state index in [0.29, 0.717) is 5.56 Å². The number of benzene rings is 3. The molecule has 3 aromatic rings. The molecule has 3 aromatic carbocycles. The number of nitrogens with zero attached hydrogens (tertiary/aromatic N) is 1. The summed E-state index contributed by atoms with van der Waals surface area (Å²) in [6.07, 6.45) is 2.55. The Morgan fingerprint density at radius 3 is 2.04 bits per heavy atom. The Hall–Kier alpha value is -2.91. The van der Waals surface area contributed by atoms with Crippen LogP contribution in [-0.2, 0) is 6.54 Å². The highest BCUT2D eigenvalue weighted by molar-refractivity contribution is 5.94. The van der Waals surface area contributed by atoms with Crippen molar-refractivity contribution < 1.29 is 4.79 Å². The molecule has 0 atom stereocenters. The molecule has 0 unspecified atom stereocenters. The smallest absolute Gasteiger partial charge is 0.252 e. The van der Waals surface area contributed by atoms with E-state index >= 15 is 0 Å². The molecule has 1 aliphatic rings. The van der Waals surface area contributed by atoms with Crippen molar-refractivity contribution in [2.75, 3.05) is 13.1 Å². The summed E-state index contributed by atoms with van der Waals surface area (Å²) in [6, 6.07) is 28.1. The van der Waals surface area contributed by atoms with Crippen molar-refractivity contribution >= 4 is 5.91 Å². The number of hydrogen-bond donors (Lipinski definition) is 1. The Kier molecular flexibility index (Phi) is 5.83. The Labute approximate surface area is 167 Å². The summed E-state index contributed by atoms with van der Waals surface area (Å²) < 4.78 is 0. The third-order valence-electron chi connectivity index (χ3n) is 5.34. The number of hydrogen-bond acceptors (Lipinski definition) is 2. The van der Waals surface area contributed by atoms with Crippen LogP contribution in [0.5, 0.6) is 0 Å². The van der Waals surface area contributed by atoms with Crippen LogP contribution in [0.15, 0.2) is 84.9 Å². The van der Waals surface area contributed by atoms with Gasteiger partial charge in [0.15, 0.2) is 0 Å². The van der Waals surface area contributed by atoms with Gasteiger partial charge in [-0.2, -0.15) is 0 Å². The van der Waals surface area contributed by atoms with Gasteiger partial charge in [0, 0.05) is 12.1 Å². The Morgan fingerprint density at radius 2 is 1.43 bits per heavy atom. The van der Waals surface area contributed by atoms with E-state index < -0.39 is 0 Å². The van der Waals surface area contributed by atoms with E-state index in [1.165, 1.54) is 18.4 Å². The fourth-order valence-corrected chi connectivity index (χ4v) is 3.87. The van der Waals surface area contributed by atoms with E-state index in [2.05, 4.69) is 40.5 Å². The molecule has 1 saturated heterocycles. The molecule has 0 radical (unpaired) electrons. The zero-order valence-electron chi connectivity index (χ0n) is 16.1. The number of carbonyl (C=O) groups excluding carboxylic acids is 1. The normalized spacial score (nSPS) is 14.3. The molecule has 3 heteroatoms. The highest BCUT2D eigenvalue weighted by Gasteiger charge is 2.18. The van der Waals surface area contributed by atoms with E-state index in [1.807, 2.05) is 54.6 Å². The molecule has 28 heavy (non-hydrogen) atoms. The molecule has 0 aromatic heterocycles. The van der Waals surface area contributed by atoms with Gasteiger partial charge in [0.2, 0.25) is 0 Å². The van der Waals surface area contributed by atoms with Gasteiger partial charge in [-0.25, -0.2) is 0 Å². The summed E-state index contributed by atoms with van der Waals surface area (Å²) in [5.41, 5.74) is 4.07. The molecule has 4 rings (SSSR count). The average molecular weight is 370 g/mol. The van der Waals surface area contributed by atoms with Gasteiger partial charge in [-0.15, -0.1) is 0 Å². The standard InChI is InChI=1S/C25H26N2O/c28-25(23-15-9-10-20(18-23)19-27-16-7-8-17-27)26-24(21-11-3-1-4-12-21)22-13-5-2-6-14-22/h1-6,9-15,18,24H,7-8,16-17,19H2,(H,26,28). The van der Waals surface area contributed by atoms with Crippen molar-refractivity contribution in [3.8, 4) is 0 Å². The SMILES string of the molecule is O=C(NC(c1ccccc1)c1ccccc1)c1cccc(CN2CCCC2)c1. The molecular formula is C25H26N2O. The number of rotatable bonds is 6. The highest BCUT2D eigenvalue weighted by atomic mass is 16.1. The zero-order valence-corrected chi connectivity index (χ0v) is 16.1. The van der Waals surface area contributed by atoms with E-state index in [9.17, 15) is 4.79 Å². The van der Waals surface area contributed by atoms with Gasteiger partial charge in [0.05, 0.1) is 6.04 Å². The van der Waals surface area contributed by atoms with Crippen LogP contribution < -0.4 is 5.32 Å². The minimum atomic E-state index is -0.169. The third kappa shape index (κ3) is 4.49. The van der Waals surface area contributed by atoms with Gasteiger partial charge >= 0.3 is 0 Å². The van der Waals surface area contributed by atoms with Crippen LogP contribution in [-0.4, -0.2) is 23.9 Å².